The summed E-state index contributed by atoms with van der Waals surface area (Å²) in [5.41, 5.74) is 0. The lowest BCUT2D eigenvalue weighted by Gasteiger charge is -2.31. The highest BCUT2D eigenvalue weighted by molar-refractivity contribution is 4.79. The summed E-state index contributed by atoms with van der Waals surface area (Å²) in [7, 11) is 0. The molecular formula is C14H29N. The van der Waals surface area contributed by atoms with Crippen LogP contribution in [-0.2, 0) is 0 Å². The van der Waals surface area contributed by atoms with Gasteiger partial charge in [0.1, 0.15) is 0 Å². The van der Waals surface area contributed by atoms with Crippen molar-refractivity contribution in [2.24, 2.45) is 5.92 Å². The maximum Gasteiger partial charge on any atom is 0.00952 e. The molecular weight excluding hydrogens is 182 g/mol. The van der Waals surface area contributed by atoms with Gasteiger partial charge in [-0.3, -0.25) is 0 Å². The molecule has 2 atom stereocenters. The standard InChI is InChI=1S/C14H29N/c1-3-5-6-9-12-15-14-11-8-7-10-13(14)4-2/h13-15H,3-12H2,1-2H3. The largest absolute Gasteiger partial charge is 0.314 e. The van der Waals surface area contributed by atoms with Gasteiger partial charge >= 0.3 is 0 Å². The van der Waals surface area contributed by atoms with E-state index in [9.17, 15) is 0 Å². The van der Waals surface area contributed by atoms with Crippen molar-refractivity contribution in [2.45, 2.75) is 77.7 Å². The highest BCUT2D eigenvalue weighted by atomic mass is 14.9. The predicted octanol–water partition coefficient (Wildman–Crippen LogP) is 4.13. The van der Waals surface area contributed by atoms with Crippen LogP contribution >= 0.6 is 0 Å². The monoisotopic (exact) mass is 211 g/mol. The lowest BCUT2D eigenvalue weighted by atomic mass is 9.83. The van der Waals surface area contributed by atoms with Gasteiger partial charge in [-0.15, -0.1) is 0 Å². The van der Waals surface area contributed by atoms with Gasteiger partial charge in [0.05, 0.1) is 0 Å². The van der Waals surface area contributed by atoms with Crippen molar-refractivity contribution in [3.05, 3.63) is 0 Å². The highest BCUT2D eigenvalue weighted by Crippen LogP contribution is 2.26. The van der Waals surface area contributed by atoms with Crippen molar-refractivity contribution in [1.29, 1.82) is 0 Å². The second-order valence-corrected chi connectivity index (χ2v) is 5.07. The van der Waals surface area contributed by atoms with Crippen LogP contribution in [0, 0.1) is 5.92 Å². The first-order chi connectivity index (χ1) is 7.38. The quantitative estimate of drug-likeness (QED) is 0.624. The summed E-state index contributed by atoms with van der Waals surface area (Å²) >= 11 is 0. The number of hydrogen-bond donors (Lipinski definition) is 1. The molecule has 0 radical (unpaired) electrons. The molecule has 1 rings (SSSR count). The van der Waals surface area contributed by atoms with Crippen LogP contribution < -0.4 is 5.32 Å². The normalized spacial score (nSPS) is 26.8. The van der Waals surface area contributed by atoms with Gasteiger partial charge in [-0.25, -0.2) is 0 Å². The van der Waals surface area contributed by atoms with Gasteiger partial charge in [-0.1, -0.05) is 52.4 Å². The summed E-state index contributed by atoms with van der Waals surface area (Å²) in [6.07, 6.45) is 12.7. The minimum Gasteiger partial charge on any atom is -0.314 e. The SMILES string of the molecule is CCCCCCNC1CCCCC1CC. The van der Waals surface area contributed by atoms with E-state index in [2.05, 4.69) is 19.2 Å². The Balaban J connectivity index is 2.07. The summed E-state index contributed by atoms with van der Waals surface area (Å²) in [6.45, 7) is 5.88. The molecule has 0 aromatic carbocycles. The average Bonchev–Trinajstić information content (AvgIpc) is 2.29. The third-order valence-corrected chi connectivity index (χ3v) is 3.87. The molecule has 2 unspecified atom stereocenters. The van der Waals surface area contributed by atoms with Crippen LogP contribution in [-0.4, -0.2) is 12.6 Å². The van der Waals surface area contributed by atoms with Gasteiger partial charge in [0.15, 0.2) is 0 Å². The van der Waals surface area contributed by atoms with Gasteiger partial charge in [0, 0.05) is 6.04 Å². The molecule has 0 aliphatic heterocycles. The zero-order valence-corrected chi connectivity index (χ0v) is 10.7. The molecule has 0 aromatic heterocycles. The molecule has 90 valence electrons. The van der Waals surface area contributed by atoms with E-state index in [4.69, 9.17) is 0 Å². The van der Waals surface area contributed by atoms with E-state index >= 15 is 0 Å². The van der Waals surface area contributed by atoms with Crippen LogP contribution in [0.5, 0.6) is 0 Å². The van der Waals surface area contributed by atoms with Crippen LogP contribution in [0.2, 0.25) is 0 Å². The topological polar surface area (TPSA) is 12.0 Å². The molecule has 0 bridgehead atoms. The number of rotatable bonds is 7. The summed E-state index contributed by atoms with van der Waals surface area (Å²) in [5.74, 6) is 0.963. The summed E-state index contributed by atoms with van der Waals surface area (Å²) in [6, 6.07) is 0.838. The number of nitrogens with one attached hydrogen (secondary N) is 1. The number of unbranched alkanes of at least 4 members (excludes halogenated alkanes) is 3. The van der Waals surface area contributed by atoms with Gasteiger partial charge < -0.3 is 5.32 Å². The van der Waals surface area contributed by atoms with Crippen LogP contribution in [0.4, 0.5) is 0 Å². The third-order valence-electron chi connectivity index (χ3n) is 3.87. The van der Waals surface area contributed by atoms with E-state index in [0.717, 1.165) is 12.0 Å². The fourth-order valence-corrected chi connectivity index (χ4v) is 2.80. The zero-order valence-electron chi connectivity index (χ0n) is 10.7. The maximum atomic E-state index is 3.78. The van der Waals surface area contributed by atoms with Gasteiger partial charge in [0.2, 0.25) is 0 Å². The Hall–Kier alpha value is -0.0400. The molecule has 0 heterocycles. The van der Waals surface area contributed by atoms with Crippen molar-refractivity contribution >= 4 is 0 Å². The first-order valence-electron chi connectivity index (χ1n) is 7.11. The van der Waals surface area contributed by atoms with Crippen LogP contribution in [0.1, 0.15) is 71.6 Å². The molecule has 0 saturated heterocycles. The highest BCUT2D eigenvalue weighted by Gasteiger charge is 2.22. The van der Waals surface area contributed by atoms with Crippen LogP contribution in [0.3, 0.4) is 0 Å². The van der Waals surface area contributed by atoms with Gasteiger partial charge in [-0.2, -0.15) is 0 Å². The summed E-state index contributed by atoms with van der Waals surface area (Å²) < 4.78 is 0. The lowest BCUT2D eigenvalue weighted by molar-refractivity contribution is 0.255. The van der Waals surface area contributed by atoms with Crippen molar-refractivity contribution in [3.8, 4) is 0 Å². The minimum atomic E-state index is 0.838. The second-order valence-electron chi connectivity index (χ2n) is 5.07. The molecule has 0 spiro atoms. The molecule has 1 saturated carbocycles. The van der Waals surface area contributed by atoms with Crippen molar-refractivity contribution in [3.63, 3.8) is 0 Å². The number of hydrogen-bond acceptors (Lipinski definition) is 1. The fourth-order valence-electron chi connectivity index (χ4n) is 2.80. The zero-order chi connectivity index (χ0) is 10.9. The predicted molar refractivity (Wildman–Crippen MR) is 68.2 cm³/mol. The van der Waals surface area contributed by atoms with Gasteiger partial charge in [0.25, 0.3) is 0 Å². The van der Waals surface area contributed by atoms with E-state index in [-0.39, 0.29) is 0 Å². The smallest absolute Gasteiger partial charge is 0.00952 e. The van der Waals surface area contributed by atoms with E-state index in [1.165, 1.54) is 64.3 Å². The summed E-state index contributed by atoms with van der Waals surface area (Å²) in [5, 5.41) is 3.78. The molecule has 0 amide bonds. The second kappa shape index (κ2) is 8.15. The Bertz CT molecular complexity index is 144. The maximum absolute atomic E-state index is 3.78. The Morgan fingerprint density at radius 3 is 2.53 bits per heavy atom. The van der Waals surface area contributed by atoms with Crippen molar-refractivity contribution in [2.75, 3.05) is 6.54 Å². The Morgan fingerprint density at radius 1 is 1.00 bits per heavy atom. The fraction of sp³-hybridized carbons (Fsp3) is 1.00. The molecule has 1 heteroatoms. The third kappa shape index (κ3) is 5.01. The molecule has 15 heavy (non-hydrogen) atoms. The lowest BCUT2D eigenvalue weighted by Crippen LogP contribution is -2.38. The molecule has 1 aliphatic carbocycles. The molecule has 1 aliphatic rings. The molecule has 0 aromatic rings. The van der Waals surface area contributed by atoms with E-state index < -0.39 is 0 Å². The minimum absolute atomic E-state index is 0.838. The Morgan fingerprint density at radius 2 is 1.80 bits per heavy atom. The molecule has 1 nitrogen and oxygen atoms in total. The Kier molecular flexibility index (Phi) is 7.08. The van der Waals surface area contributed by atoms with E-state index in [1.807, 2.05) is 0 Å². The Labute approximate surface area is 96.0 Å². The van der Waals surface area contributed by atoms with E-state index in [1.54, 1.807) is 0 Å². The van der Waals surface area contributed by atoms with Crippen LogP contribution in [0.25, 0.3) is 0 Å². The van der Waals surface area contributed by atoms with Crippen molar-refractivity contribution < 1.29 is 0 Å². The van der Waals surface area contributed by atoms with E-state index in [0.29, 0.717) is 0 Å². The first kappa shape index (κ1) is 13.0. The average molecular weight is 211 g/mol. The molecule has 1 fully saturated rings. The van der Waals surface area contributed by atoms with Gasteiger partial charge in [-0.05, 0) is 31.7 Å². The summed E-state index contributed by atoms with van der Waals surface area (Å²) in [4.78, 5) is 0. The molecule has 1 N–H and O–H groups in total. The van der Waals surface area contributed by atoms with Crippen molar-refractivity contribution in [1.82, 2.24) is 5.32 Å². The first-order valence-corrected chi connectivity index (χ1v) is 7.11. The van der Waals surface area contributed by atoms with Crippen LogP contribution in [0.15, 0.2) is 0 Å².